The van der Waals surface area contributed by atoms with Crippen molar-refractivity contribution < 1.29 is 9.59 Å². The average Bonchev–Trinajstić information content (AvgIpc) is 2.83. The Morgan fingerprint density at radius 2 is 1.76 bits per heavy atom. The van der Waals surface area contributed by atoms with Crippen LogP contribution in [0, 0.1) is 0 Å². The van der Waals surface area contributed by atoms with Crippen molar-refractivity contribution >= 4 is 11.7 Å². The molecule has 1 aromatic rings. The highest BCUT2D eigenvalue weighted by molar-refractivity contribution is 6.36. The molecule has 90 valence electrons. The van der Waals surface area contributed by atoms with Crippen LogP contribution >= 0.6 is 0 Å². The van der Waals surface area contributed by atoms with E-state index >= 15 is 0 Å². The molecule has 1 fully saturated rings. The molecule has 0 saturated heterocycles. The van der Waals surface area contributed by atoms with E-state index in [1.165, 1.54) is 0 Å². The maximum atomic E-state index is 11.7. The molecule has 0 aromatic heterocycles. The van der Waals surface area contributed by atoms with E-state index in [1.54, 1.807) is 0 Å². The lowest BCUT2D eigenvalue weighted by Crippen LogP contribution is -2.38. The van der Waals surface area contributed by atoms with E-state index in [9.17, 15) is 9.59 Å². The zero-order valence-electron chi connectivity index (χ0n) is 9.82. The summed E-state index contributed by atoms with van der Waals surface area (Å²) in [6, 6.07) is 9.57. The molecule has 3 nitrogen and oxygen atoms in total. The summed E-state index contributed by atoms with van der Waals surface area (Å²) in [7, 11) is 0. The molecule has 0 spiro atoms. The quantitative estimate of drug-likeness (QED) is 0.804. The predicted molar refractivity (Wildman–Crippen MR) is 65.6 cm³/mol. The van der Waals surface area contributed by atoms with Crippen LogP contribution in [0.3, 0.4) is 0 Å². The SMILES string of the molecule is O=C(Cc1ccccc1)C(=O)NC1CCCC1. The molecule has 3 heteroatoms. The Balaban J connectivity index is 1.85. The smallest absolute Gasteiger partial charge is 0.287 e. The summed E-state index contributed by atoms with van der Waals surface area (Å²) < 4.78 is 0. The van der Waals surface area contributed by atoms with Crippen LogP contribution < -0.4 is 5.32 Å². The van der Waals surface area contributed by atoms with Gasteiger partial charge in [-0.1, -0.05) is 43.2 Å². The Labute approximate surface area is 101 Å². The molecule has 0 bridgehead atoms. The molecule has 17 heavy (non-hydrogen) atoms. The van der Waals surface area contributed by atoms with Crippen LogP contribution in [-0.4, -0.2) is 17.7 Å². The van der Waals surface area contributed by atoms with Crippen molar-refractivity contribution in [2.24, 2.45) is 0 Å². The van der Waals surface area contributed by atoms with Gasteiger partial charge < -0.3 is 5.32 Å². The summed E-state index contributed by atoms with van der Waals surface area (Å²) in [5.74, 6) is -0.774. The summed E-state index contributed by atoms with van der Waals surface area (Å²) in [4.78, 5) is 23.3. The molecule has 1 saturated carbocycles. The van der Waals surface area contributed by atoms with E-state index in [4.69, 9.17) is 0 Å². The number of carbonyl (C=O) groups is 2. The maximum absolute atomic E-state index is 11.7. The van der Waals surface area contributed by atoms with Crippen LogP contribution in [0.15, 0.2) is 30.3 Å². The third kappa shape index (κ3) is 3.41. The van der Waals surface area contributed by atoms with Gasteiger partial charge in [-0.15, -0.1) is 0 Å². The van der Waals surface area contributed by atoms with Gasteiger partial charge in [-0.05, 0) is 18.4 Å². The van der Waals surface area contributed by atoms with Crippen LogP contribution in [0.4, 0.5) is 0 Å². The molecule has 1 amide bonds. The largest absolute Gasteiger partial charge is 0.347 e. The van der Waals surface area contributed by atoms with Gasteiger partial charge >= 0.3 is 0 Å². The maximum Gasteiger partial charge on any atom is 0.287 e. The number of Topliss-reactive ketones (excluding diaryl/α,β-unsaturated/α-hetero) is 1. The first-order valence-corrected chi connectivity index (χ1v) is 6.13. The number of ketones is 1. The van der Waals surface area contributed by atoms with Gasteiger partial charge in [-0.25, -0.2) is 0 Å². The molecule has 1 aromatic carbocycles. The summed E-state index contributed by atoms with van der Waals surface area (Å²) in [5.41, 5.74) is 0.888. The van der Waals surface area contributed by atoms with Crippen LogP contribution in [0.25, 0.3) is 0 Å². The molecule has 0 aliphatic heterocycles. The Hall–Kier alpha value is -1.64. The van der Waals surface area contributed by atoms with E-state index in [-0.39, 0.29) is 18.2 Å². The number of hydrogen-bond donors (Lipinski definition) is 1. The highest BCUT2D eigenvalue weighted by Crippen LogP contribution is 2.17. The van der Waals surface area contributed by atoms with Gasteiger partial charge in [-0.2, -0.15) is 0 Å². The second kappa shape index (κ2) is 5.62. The third-order valence-electron chi connectivity index (χ3n) is 3.15. The molecule has 0 heterocycles. The van der Waals surface area contributed by atoms with Crippen molar-refractivity contribution in [2.45, 2.75) is 38.1 Å². The number of carbonyl (C=O) groups excluding carboxylic acids is 2. The van der Waals surface area contributed by atoms with Crippen LogP contribution in [0.2, 0.25) is 0 Å². The van der Waals surface area contributed by atoms with Crippen molar-refractivity contribution in [1.29, 1.82) is 0 Å². The first-order chi connectivity index (χ1) is 8.25. The third-order valence-corrected chi connectivity index (χ3v) is 3.15. The van der Waals surface area contributed by atoms with Gasteiger partial charge in [0.1, 0.15) is 0 Å². The molecule has 1 aliphatic carbocycles. The van der Waals surface area contributed by atoms with E-state index in [0.29, 0.717) is 0 Å². The molecule has 1 N–H and O–H groups in total. The first kappa shape index (κ1) is 11.8. The van der Waals surface area contributed by atoms with Crippen molar-refractivity contribution in [1.82, 2.24) is 5.32 Å². The standard InChI is InChI=1S/C14H17NO2/c16-13(10-11-6-2-1-3-7-11)14(17)15-12-8-4-5-9-12/h1-3,6-7,12H,4-5,8-10H2,(H,15,17). The minimum Gasteiger partial charge on any atom is -0.347 e. The molecular weight excluding hydrogens is 214 g/mol. The highest BCUT2D eigenvalue weighted by atomic mass is 16.2. The fourth-order valence-electron chi connectivity index (χ4n) is 2.20. The summed E-state index contributed by atoms with van der Waals surface area (Å²) in [6.07, 6.45) is 4.50. The fraction of sp³-hybridized carbons (Fsp3) is 0.429. The summed E-state index contributed by atoms with van der Waals surface area (Å²) in [6.45, 7) is 0. The molecule has 0 unspecified atom stereocenters. The van der Waals surface area contributed by atoms with Crippen LogP contribution in [0.1, 0.15) is 31.2 Å². The Morgan fingerprint density at radius 1 is 1.12 bits per heavy atom. The van der Waals surface area contributed by atoms with E-state index in [0.717, 1.165) is 31.2 Å². The lowest BCUT2D eigenvalue weighted by molar-refractivity contribution is -0.137. The van der Waals surface area contributed by atoms with Crippen LogP contribution in [0.5, 0.6) is 0 Å². The molecular formula is C14H17NO2. The minimum absolute atomic E-state index is 0.194. The number of amides is 1. The Morgan fingerprint density at radius 3 is 2.41 bits per heavy atom. The molecule has 0 radical (unpaired) electrons. The van der Waals surface area contributed by atoms with Gasteiger partial charge in [0, 0.05) is 12.5 Å². The van der Waals surface area contributed by atoms with Crippen molar-refractivity contribution in [3.8, 4) is 0 Å². The van der Waals surface area contributed by atoms with E-state index in [2.05, 4.69) is 5.32 Å². The fourth-order valence-corrected chi connectivity index (χ4v) is 2.20. The minimum atomic E-state index is -0.430. The highest BCUT2D eigenvalue weighted by Gasteiger charge is 2.21. The van der Waals surface area contributed by atoms with Gasteiger partial charge in [0.2, 0.25) is 5.78 Å². The zero-order chi connectivity index (χ0) is 12.1. The zero-order valence-corrected chi connectivity index (χ0v) is 9.82. The number of nitrogens with one attached hydrogen (secondary N) is 1. The number of hydrogen-bond acceptors (Lipinski definition) is 2. The van der Waals surface area contributed by atoms with Crippen LogP contribution in [-0.2, 0) is 16.0 Å². The summed E-state index contributed by atoms with van der Waals surface area (Å²) >= 11 is 0. The van der Waals surface area contributed by atoms with E-state index < -0.39 is 5.91 Å². The Kier molecular flexibility index (Phi) is 3.91. The van der Waals surface area contributed by atoms with Gasteiger partial charge in [0.25, 0.3) is 5.91 Å². The Bertz CT molecular complexity index is 394. The second-order valence-corrected chi connectivity index (χ2v) is 4.54. The number of benzene rings is 1. The predicted octanol–water partition coefficient (Wildman–Crippen LogP) is 1.86. The lowest BCUT2D eigenvalue weighted by atomic mass is 10.1. The molecule has 0 atom stereocenters. The lowest BCUT2D eigenvalue weighted by Gasteiger charge is -2.10. The monoisotopic (exact) mass is 231 g/mol. The molecule has 2 rings (SSSR count). The van der Waals surface area contributed by atoms with Crippen molar-refractivity contribution in [2.75, 3.05) is 0 Å². The average molecular weight is 231 g/mol. The summed E-state index contributed by atoms with van der Waals surface area (Å²) in [5, 5.41) is 2.81. The topological polar surface area (TPSA) is 46.2 Å². The number of rotatable bonds is 4. The normalized spacial score (nSPS) is 15.8. The van der Waals surface area contributed by atoms with Crippen molar-refractivity contribution in [3.05, 3.63) is 35.9 Å². The molecule has 1 aliphatic rings. The second-order valence-electron chi connectivity index (χ2n) is 4.54. The van der Waals surface area contributed by atoms with E-state index in [1.807, 2.05) is 30.3 Å². The van der Waals surface area contributed by atoms with Gasteiger partial charge in [-0.3, -0.25) is 9.59 Å². The van der Waals surface area contributed by atoms with Gasteiger partial charge in [0.05, 0.1) is 0 Å². The van der Waals surface area contributed by atoms with Crippen molar-refractivity contribution in [3.63, 3.8) is 0 Å². The first-order valence-electron chi connectivity index (χ1n) is 6.13. The van der Waals surface area contributed by atoms with Gasteiger partial charge in [0.15, 0.2) is 0 Å².